The van der Waals surface area contributed by atoms with E-state index in [4.69, 9.17) is 4.74 Å². The summed E-state index contributed by atoms with van der Waals surface area (Å²) in [5.41, 5.74) is 2.99. The van der Waals surface area contributed by atoms with Gasteiger partial charge >= 0.3 is 5.97 Å². The molecule has 0 N–H and O–H groups in total. The van der Waals surface area contributed by atoms with Crippen LogP contribution in [0.2, 0.25) is 0 Å². The molecule has 3 amide bonds. The Hall–Kier alpha value is -4.59. The van der Waals surface area contributed by atoms with Crippen molar-refractivity contribution in [2.75, 3.05) is 18.1 Å². The highest BCUT2D eigenvalue weighted by atomic mass is 16.5. The summed E-state index contributed by atoms with van der Waals surface area (Å²) in [6.45, 7) is -0.0137. The molecule has 168 valence electrons. The van der Waals surface area contributed by atoms with Gasteiger partial charge in [-0.3, -0.25) is 14.4 Å². The zero-order valence-corrected chi connectivity index (χ0v) is 18.0. The smallest absolute Gasteiger partial charge is 0.338 e. The number of ether oxygens (including phenoxy) is 1. The zero-order chi connectivity index (χ0) is 23.7. The van der Waals surface area contributed by atoms with Gasteiger partial charge in [-0.15, -0.1) is 0 Å². The number of hydrazone groups is 1. The van der Waals surface area contributed by atoms with E-state index >= 15 is 0 Å². The topological polar surface area (TPSA) is 96.3 Å². The standard InChI is InChI=1S/C26H19N3O5/c30-23(28-15-14-22(27-28)17-6-2-1-3-7-17)16-34-26(33)18-10-12-19(13-11-18)29-24(31)20-8-4-5-9-21(20)25(29)32/h1-13H,14-16H2. The van der Waals surface area contributed by atoms with Crippen molar-refractivity contribution < 1.29 is 23.9 Å². The number of benzene rings is 3. The summed E-state index contributed by atoms with van der Waals surface area (Å²) in [6, 6.07) is 22.1. The van der Waals surface area contributed by atoms with Gasteiger partial charge in [-0.2, -0.15) is 5.10 Å². The minimum atomic E-state index is -0.686. The maximum atomic E-state index is 12.6. The molecule has 3 aromatic carbocycles. The van der Waals surface area contributed by atoms with E-state index in [9.17, 15) is 19.2 Å². The van der Waals surface area contributed by atoms with Crippen LogP contribution in [0.4, 0.5) is 5.69 Å². The maximum absolute atomic E-state index is 12.6. The lowest BCUT2D eigenvalue weighted by Crippen LogP contribution is -2.29. The molecule has 2 heterocycles. The highest BCUT2D eigenvalue weighted by molar-refractivity contribution is 6.34. The third-order valence-electron chi connectivity index (χ3n) is 5.68. The minimum absolute atomic E-state index is 0.197. The van der Waals surface area contributed by atoms with Crippen LogP contribution < -0.4 is 4.90 Å². The van der Waals surface area contributed by atoms with Crippen molar-refractivity contribution in [1.82, 2.24) is 5.01 Å². The molecule has 5 rings (SSSR count). The summed E-state index contributed by atoms with van der Waals surface area (Å²) in [6.07, 6.45) is 0.628. The number of rotatable bonds is 5. The Morgan fingerprint density at radius 2 is 1.44 bits per heavy atom. The number of nitrogens with zero attached hydrogens (tertiary/aromatic N) is 3. The molecule has 0 radical (unpaired) electrons. The lowest BCUT2D eigenvalue weighted by Gasteiger charge is -2.14. The van der Waals surface area contributed by atoms with Gasteiger partial charge in [0, 0.05) is 6.42 Å². The Morgan fingerprint density at radius 1 is 0.824 bits per heavy atom. The molecule has 0 aromatic heterocycles. The number of imide groups is 1. The fourth-order valence-corrected chi connectivity index (χ4v) is 3.93. The molecule has 0 unspecified atom stereocenters. The lowest BCUT2D eigenvalue weighted by molar-refractivity contribution is -0.134. The maximum Gasteiger partial charge on any atom is 0.338 e. The van der Waals surface area contributed by atoms with Crippen LogP contribution in [0.25, 0.3) is 0 Å². The molecular formula is C26H19N3O5. The van der Waals surface area contributed by atoms with E-state index in [2.05, 4.69) is 5.10 Å². The van der Waals surface area contributed by atoms with Crippen molar-refractivity contribution in [3.63, 3.8) is 0 Å². The molecule has 0 saturated heterocycles. The average molecular weight is 453 g/mol. The number of fused-ring (bicyclic) bond motifs is 1. The second-order valence-corrected chi connectivity index (χ2v) is 7.79. The van der Waals surface area contributed by atoms with Crippen molar-refractivity contribution in [3.8, 4) is 0 Å². The fraction of sp³-hybridized carbons (Fsp3) is 0.115. The first-order valence-electron chi connectivity index (χ1n) is 10.7. The second-order valence-electron chi connectivity index (χ2n) is 7.79. The monoisotopic (exact) mass is 453 g/mol. The highest BCUT2D eigenvalue weighted by Crippen LogP contribution is 2.28. The van der Waals surface area contributed by atoms with Crippen LogP contribution in [0.1, 0.15) is 43.1 Å². The van der Waals surface area contributed by atoms with Crippen LogP contribution in [0, 0.1) is 0 Å². The molecule has 0 aliphatic carbocycles. The molecule has 0 spiro atoms. The van der Waals surface area contributed by atoms with Crippen molar-refractivity contribution in [3.05, 3.63) is 101 Å². The van der Waals surface area contributed by atoms with Gasteiger partial charge in [0.05, 0.1) is 34.6 Å². The predicted molar refractivity (Wildman–Crippen MR) is 124 cm³/mol. The van der Waals surface area contributed by atoms with Crippen molar-refractivity contribution in [1.29, 1.82) is 0 Å². The summed E-state index contributed by atoms with van der Waals surface area (Å²) >= 11 is 0. The fourth-order valence-electron chi connectivity index (χ4n) is 3.93. The van der Waals surface area contributed by atoms with E-state index in [0.29, 0.717) is 29.8 Å². The Kier molecular flexibility index (Phi) is 5.47. The van der Waals surface area contributed by atoms with Gasteiger partial charge in [0.1, 0.15) is 0 Å². The molecule has 2 aliphatic rings. The summed E-state index contributed by atoms with van der Waals surface area (Å²) in [5, 5.41) is 5.64. The molecule has 8 heteroatoms. The van der Waals surface area contributed by atoms with E-state index in [0.717, 1.165) is 16.2 Å². The first kappa shape index (κ1) is 21.3. The number of amides is 3. The molecule has 3 aromatic rings. The van der Waals surface area contributed by atoms with E-state index in [1.165, 1.54) is 29.3 Å². The molecule has 0 saturated carbocycles. The minimum Gasteiger partial charge on any atom is -0.452 e. The van der Waals surface area contributed by atoms with Crippen LogP contribution in [-0.2, 0) is 9.53 Å². The number of carbonyl (C=O) groups excluding carboxylic acids is 4. The van der Waals surface area contributed by atoms with E-state index < -0.39 is 30.3 Å². The van der Waals surface area contributed by atoms with E-state index in [1.54, 1.807) is 24.3 Å². The first-order valence-corrected chi connectivity index (χ1v) is 10.7. The summed E-state index contributed by atoms with van der Waals surface area (Å²) < 4.78 is 5.15. The van der Waals surface area contributed by atoms with Gasteiger partial charge in [0.25, 0.3) is 17.7 Å². The van der Waals surface area contributed by atoms with Gasteiger partial charge in [-0.1, -0.05) is 42.5 Å². The lowest BCUT2D eigenvalue weighted by atomic mass is 10.1. The van der Waals surface area contributed by atoms with E-state index in [-0.39, 0.29) is 5.56 Å². The van der Waals surface area contributed by atoms with E-state index in [1.807, 2.05) is 30.3 Å². The molecule has 0 bridgehead atoms. The molecule has 2 aliphatic heterocycles. The summed E-state index contributed by atoms with van der Waals surface area (Å²) in [7, 11) is 0. The van der Waals surface area contributed by atoms with Gasteiger partial charge < -0.3 is 4.74 Å². The van der Waals surface area contributed by atoms with Gasteiger partial charge in [0.15, 0.2) is 6.61 Å². The van der Waals surface area contributed by atoms with Crippen LogP contribution in [0.3, 0.4) is 0 Å². The summed E-state index contributed by atoms with van der Waals surface area (Å²) in [4.78, 5) is 51.1. The zero-order valence-electron chi connectivity index (χ0n) is 18.0. The second kappa shape index (κ2) is 8.74. The van der Waals surface area contributed by atoms with Crippen LogP contribution in [-0.4, -0.2) is 47.6 Å². The molecule has 8 nitrogen and oxygen atoms in total. The Morgan fingerprint density at radius 3 is 2.09 bits per heavy atom. The normalized spacial score (nSPS) is 14.8. The molecule has 34 heavy (non-hydrogen) atoms. The van der Waals surface area contributed by atoms with Crippen LogP contribution >= 0.6 is 0 Å². The third kappa shape index (κ3) is 3.86. The van der Waals surface area contributed by atoms with Crippen LogP contribution in [0.5, 0.6) is 0 Å². The van der Waals surface area contributed by atoms with Gasteiger partial charge in [-0.25, -0.2) is 14.7 Å². The Bertz CT molecular complexity index is 1300. The number of hydrogen-bond acceptors (Lipinski definition) is 6. The quantitative estimate of drug-likeness (QED) is 0.436. The molecule has 0 atom stereocenters. The van der Waals surface area contributed by atoms with Crippen LogP contribution in [0.15, 0.2) is 84.0 Å². The molecule has 0 fully saturated rings. The Balaban J connectivity index is 1.20. The third-order valence-corrected chi connectivity index (χ3v) is 5.68. The highest BCUT2D eigenvalue weighted by Gasteiger charge is 2.36. The van der Waals surface area contributed by atoms with Crippen molar-refractivity contribution >= 4 is 35.1 Å². The Labute approximate surface area is 195 Å². The number of carbonyl (C=O) groups is 4. The molecular weight excluding hydrogens is 434 g/mol. The number of esters is 1. The number of hydrogen-bond donors (Lipinski definition) is 0. The SMILES string of the molecule is O=C(OCC(=O)N1CCC(c2ccccc2)=N1)c1ccc(N2C(=O)c3ccccc3C2=O)cc1. The average Bonchev–Trinajstić information content (AvgIpc) is 3.47. The largest absolute Gasteiger partial charge is 0.452 e. The summed E-state index contributed by atoms with van der Waals surface area (Å²) in [5.74, 6) is -1.93. The first-order chi connectivity index (χ1) is 16.5. The van der Waals surface area contributed by atoms with Crippen molar-refractivity contribution in [2.45, 2.75) is 6.42 Å². The van der Waals surface area contributed by atoms with Gasteiger partial charge in [-0.05, 0) is 42.0 Å². The van der Waals surface area contributed by atoms with Crippen molar-refractivity contribution in [2.24, 2.45) is 5.10 Å². The number of anilines is 1. The van der Waals surface area contributed by atoms with Gasteiger partial charge in [0.2, 0.25) is 0 Å². The predicted octanol–water partition coefficient (Wildman–Crippen LogP) is 3.28.